The first-order valence-electron chi connectivity index (χ1n) is 6.13. The highest BCUT2D eigenvalue weighted by Gasteiger charge is 2.41. The SMILES string of the molecule is CC(C)NC1NCC2(CCCC2)C(=CCl)S1. The lowest BCUT2D eigenvalue weighted by Gasteiger charge is -2.40. The molecule has 92 valence electrons. The van der Waals surface area contributed by atoms with E-state index in [1.54, 1.807) is 0 Å². The maximum Gasteiger partial charge on any atom is 0.110 e. The smallest absolute Gasteiger partial charge is 0.110 e. The van der Waals surface area contributed by atoms with Crippen molar-refractivity contribution in [3.63, 3.8) is 0 Å². The van der Waals surface area contributed by atoms with Gasteiger partial charge < -0.3 is 0 Å². The lowest BCUT2D eigenvalue weighted by atomic mass is 9.86. The van der Waals surface area contributed by atoms with Gasteiger partial charge in [-0.2, -0.15) is 0 Å². The van der Waals surface area contributed by atoms with Gasteiger partial charge in [-0.25, -0.2) is 0 Å². The highest BCUT2D eigenvalue weighted by molar-refractivity contribution is 8.03. The van der Waals surface area contributed by atoms with Crippen molar-refractivity contribution < 1.29 is 0 Å². The van der Waals surface area contributed by atoms with Crippen LogP contribution in [0.15, 0.2) is 10.4 Å². The molecule has 2 N–H and O–H groups in total. The van der Waals surface area contributed by atoms with E-state index in [-0.39, 0.29) is 0 Å². The fraction of sp³-hybridized carbons (Fsp3) is 0.833. The van der Waals surface area contributed by atoms with E-state index in [1.165, 1.54) is 30.6 Å². The quantitative estimate of drug-likeness (QED) is 0.797. The van der Waals surface area contributed by atoms with Gasteiger partial charge in [0.25, 0.3) is 0 Å². The summed E-state index contributed by atoms with van der Waals surface area (Å²) in [5.74, 6) is 0. The van der Waals surface area contributed by atoms with E-state index in [9.17, 15) is 0 Å². The van der Waals surface area contributed by atoms with Crippen molar-refractivity contribution >= 4 is 23.4 Å². The average molecular weight is 261 g/mol. The highest BCUT2D eigenvalue weighted by Crippen LogP contribution is 2.51. The average Bonchev–Trinajstić information content (AvgIpc) is 2.70. The molecule has 2 nitrogen and oxygen atoms in total. The lowest BCUT2D eigenvalue weighted by molar-refractivity contribution is 0.327. The predicted molar refractivity (Wildman–Crippen MR) is 72.5 cm³/mol. The minimum atomic E-state index is 0.316. The molecule has 1 spiro atoms. The number of nitrogens with one attached hydrogen (secondary N) is 2. The Morgan fingerprint density at radius 1 is 1.50 bits per heavy atom. The molecule has 2 rings (SSSR count). The van der Waals surface area contributed by atoms with Gasteiger partial charge in [-0.1, -0.05) is 36.2 Å². The zero-order valence-corrected chi connectivity index (χ0v) is 11.6. The second kappa shape index (κ2) is 5.30. The fourth-order valence-electron chi connectivity index (χ4n) is 2.68. The van der Waals surface area contributed by atoms with Crippen LogP contribution in [0.1, 0.15) is 39.5 Å². The molecule has 2 aliphatic rings. The summed E-state index contributed by atoms with van der Waals surface area (Å²) in [6, 6.07) is 0.499. The summed E-state index contributed by atoms with van der Waals surface area (Å²) in [7, 11) is 0. The molecule has 4 heteroatoms. The van der Waals surface area contributed by atoms with Gasteiger partial charge in [-0.3, -0.25) is 10.6 Å². The summed E-state index contributed by atoms with van der Waals surface area (Å²) in [5.41, 5.74) is 2.48. The number of hydrogen-bond donors (Lipinski definition) is 2. The molecule has 1 aliphatic carbocycles. The van der Waals surface area contributed by atoms with Gasteiger partial charge in [-0.05, 0) is 26.7 Å². The number of thioether (sulfide) groups is 1. The van der Waals surface area contributed by atoms with Crippen LogP contribution in [-0.2, 0) is 0 Å². The molecular weight excluding hydrogens is 240 g/mol. The van der Waals surface area contributed by atoms with E-state index >= 15 is 0 Å². The van der Waals surface area contributed by atoms with Gasteiger partial charge in [0.2, 0.25) is 0 Å². The van der Waals surface area contributed by atoms with Crippen LogP contribution in [0.4, 0.5) is 0 Å². The van der Waals surface area contributed by atoms with E-state index in [2.05, 4.69) is 24.5 Å². The molecule has 2 fully saturated rings. The molecule has 16 heavy (non-hydrogen) atoms. The van der Waals surface area contributed by atoms with Crippen molar-refractivity contribution in [1.29, 1.82) is 0 Å². The molecule has 1 atom stereocenters. The van der Waals surface area contributed by atoms with Gasteiger partial charge in [0.05, 0.1) is 0 Å². The van der Waals surface area contributed by atoms with Gasteiger partial charge in [0, 0.05) is 28.4 Å². The van der Waals surface area contributed by atoms with Crippen molar-refractivity contribution in [2.24, 2.45) is 5.41 Å². The van der Waals surface area contributed by atoms with Gasteiger partial charge >= 0.3 is 0 Å². The summed E-state index contributed by atoms with van der Waals surface area (Å²) < 4.78 is 0. The van der Waals surface area contributed by atoms with Gasteiger partial charge in [0.15, 0.2) is 0 Å². The molecule has 0 aromatic rings. The van der Waals surface area contributed by atoms with Crippen LogP contribution in [0.3, 0.4) is 0 Å². The minimum Gasteiger partial charge on any atom is -0.292 e. The lowest BCUT2D eigenvalue weighted by Crippen LogP contribution is -2.51. The molecule has 0 aromatic heterocycles. The van der Waals surface area contributed by atoms with Crippen LogP contribution < -0.4 is 10.6 Å². The summed E-state index contributed by atoms with van der Waals surface area (Å²) in [6.07, 6.45) is 5.28. The Labute approximate surface area is 108 Å². The van der Waals surface area contributed by atoms with E-state index in [1.807, 2.05) is 17.3 Å². The van der Waals surface area contributed by atoms with E-state index in [0.717, 1.165) is 6.54 Å². The molecule has 0 amide bonds. The first-order chi connectivity index (χ1) is 7.66. The molecule has 1 saturated carbocycles. The third-order valence-electron chi connectivity index (χ3n) is 3.54. The summed E-state index contributed by atoms with van der Waals surface area (Å²) in [5, 5.41) is 7.10. The first kappa shape index (κ1) is 12.7. The zero-order chi connectivity index (χ0) is 11.6. The van der Waals surface area contributed by atoms with Crippen LogP contribution in [0.5, 0.6) is 0 Å². The van der Waals surface area contributed by atoms with E-state index in [4.69, 9.17) is 11.6 Å². The van der Waals surface area contributed by atoms with E-state index < -0.39 is 0 Å². The molecule has 0 radical (unpaired) electrons. The third-order valence-corrected chi connectivity index (χ3v) is 5.23. The second-order valence-electron chi connectivity index (χ2n) is 5.16. The van der Waals surface area contributed by atoms with Crippen molar-refractivity contribution in [3.8, 4) is 0 Å². The fourth-order valence-corrected chi connectivity index (χ4v) is 4.41. The number of hydrogen-bond acceptors (Lipinski definition) is 3. The normalized spacial score (nSPS) is 31.8. The Kier molecular flexibility index (Phi) is 4.22. The van der Waals surface area contributed by atoms with Crippen molar-refractivity contribution in [1.82, 2.24) is 10.6 Å². The molecule has 1 heterocycles. The van der Waals surface area contributed by atoms with Crippen LogP contribution in [0.2, 0.25) is 0 Å². The molecule has 1 aliphatic heterocycles. The predicted octanol–water partition coefficient (Wildman–Crippen LogP) is 3.25. The second-order valence-corrected chi connectivity index (χ2v) is 6.53. The first-order valence-corrected chi connectivity index (χ1v) is 7.45. The van der Waals surface area contributed by atoms with Crippen LogP contribution >= 0.6 is 23.4 Å². The van der Waals surface area contributed by atoms with Crippen molar-refractivity contribution in [2.45, 2.75) is 51.1 Å². The molecular formula is C12H21ClN2S. The minimum absolute atomic E-state index is 0.316. The molecule has 0 aromatic carbocycles. The van der Waals surface area contributed by atoms with Gasteiger partial charge in [0.1, 0.15) is 5.50 Å². The third kappa shape index (κ3) is 2.58. The maximum atomic E-state index is 6.01. The summed E-state index contributed by atoms with van der Waals surface area (Å²) in [4.78, 5) is 1.38. The number of halogens is 1. The van der Waals surface area contributed by atoms with Crippen LogP contribution in [0.25, 0.3) is 0 Å². The van der Waals surface area contributed by atoms with Crippen LogP contribution in [-0.4, -0.2) is 18.1 Å². The summed E-state index contributed by atoms with van der Waals surface area (Å²) >= 11 is 7.88. The highest BCUT2D eigenvalue weighted by atomic mass is 35.5. The Balaban J connectivity index is 2.02. The Bertz CT molecular complexity index is 272. The topological polar surface area (TPSA) is 24.1 Å². The van der Waals surface area contributed by atoms with E-state index in [0.29, 0.717) is 17.0 Å². The standard InChI is InChI=1S/C12H21ClN2S/c1-9(2)15-11-14-8-12(5-3-4-6-12)10(7-13)16-11/h7,9,11,14-15H,3-6,8H2,1-2H3. The Morgan fingerprint density at radius 3 is 2.75 bits per heavy atom. The van der Waals surface area contributed by atoms with Crippen molar-refractivity contribution in [3.05, 3.63) is 10.4 Å². The molecule has 0 bridgehead atoms. The monoisotopic (exact) mass is 260 g/mol. The molecule has 1 unspecified atom stereocenters. The Hall–Kier alpha value is 0.300. The largest absolute Gasteiger partial charge is 0.292 e. The van der Waals surface area contributed by atoms with Crippen molar-refractivity contribution in [2.75, 3.05) is 6.54 Å². The van der Waals surface area contributed by atoms with Gasteiger partial charge in [-0.15, -0.1) is 0 Å². The van der Waals surface area contributed by atoms with Crippen LogP contribution in [0, 0.1) is 5.41 Å². The number of rotatable bonds is 2. The molecule has 1 saturated heterocycles. The maximum absolute atomic E-state index is 6.01. The zero-order valence-electron chi connectivity index (χ0n) is 10.1. The Morgan fingerprint density at radius 2 is 2.19 bits per heavy atom. The summed E-state index contributed by atoms with van der Waals surface area (Å²) in [6.45, 7) is 5.42.